The van der Waals surface area contributed by atoms with Crippen molar-refractivity contribution in [3.05, 3.63) is 35.9 Å². The third-order valence-corrected chi connectivity index (χ3v) is 3.59. The topological polar surface area (TPSA) is 64.4 Å². The Morgan fingerprint density at radius 3 is 2.84 bits per heavy atom. The zero-order valence-electron chi connectivity index (χ0n) is 11.3. The Kier molecular flexibility index (Phi) is 4.93. The first-order valence-electron chi connectivity index (χ1n) is 6.87. The maximum absolute atomic E-state index is 12.3. The fourth-order valence-corrected chi connectivity index (χ4v) is 2.51. The molecule has 4 heteroatoms. The predicted octanol–water partition coefficient (Wildman–Crippen LogP) is 1.41. The Morgan fingerprint density at radius 1 is 1.47 bits per heavy atom. The molecule has 4 nitrogen and oxygen atoms in total. The molecule has 0 bridgehead atoms. The average molecular weight is 262 g/mol. The van der Waals surface area contributed by atoms with E-state index in [9.17, 15) is 4.79 Å². The summed E-state index contributed by atoms with van der Waals surface area (Å²) in [5, 5.41) is 3.10. The lowest BCUT2D eigenvalue weighted by molar-refractivity contribution is -0.124. The van der Waals surface area contributed by atoms with Crippen molar-refractivity contribution >= 4 is 5.91 Å². The summed E-state index contributed by atoms with van der Waals surface area (Å²) in [4.78, 5) is 12.3. The van der Waals surface area contributed by atoms with Crippen LogP contribution in [0.3, 0.4) is 0 Å². The van der Waals surface area contributed by atoms with Crippen LogP contribution in [0.1, 0.15) is 31.2 Å². The molecule has 0 saturated carbocycles. The second-order valence-corrected chi connectivity index (χ2v) is 5.11. The van der Waals surface area contributed by atoms with Gasteiger partial charge >= 0.3 is 0 Å². The number of carbonyl (C=O) groups is 1. The van der Waals surface area contributed by atoms with Gasteiger partial charge in [0.2, 0.25) is 5.91 Å². The van der Waals surface area contributed by atoms with E-state index < -0.39 is 0 Å². The van der Waals surface area contributed by atoms with Crippen molar-refractivity contribution in [2.45, 2.75) is 37.8 Å². The number of nitrogens with two attached hydrogens (primary N) is 1. The average Bonchev–Trinajstić information content (AvgIpc) is 2.41. The van der Waals surface area contributed by atoms with Crippen LogP contribution in [-0.4, -0.2) is 31.2 Å². The van der Waals surface area contributed by atoms with Crippen LogP contribution in [0.25, 0.3) is 0 Å². The lowest BCUT2D eigenvalue weighted by Gasteiger charge is -2.29. The third kappa shape index (κ3) is 3.78. The Bertz CT molecular complexity index is 408. The molecular formula is C15H22N2O2. The van der Waals surface area contributed by atoms with E-state index in [0.717, 1.165) is 18.4 Å². The molecule has 3 N–H and O–H groups in total. The predicted molar refractivity (Wildman–Crippen MR) is 74.8 cm³/mol. The normalized spacial score (nSPS) is 24.7. The molecule has 1 aromatic carbocycles. The first-order chi connectivity index (χ1) is 9.20. The fourth-order valence-electron chi connectivity index (χ4n) is 2.51. The van der Waals surface area contributed by atoms with Crippen molar-refractivity contribution in [3.63, 3.8) is 0 Å². The second-order valence-electron chi connectivity index (χ2n) is 5.11. The maximum Gasteiger partial charge on any atom is 0.229 e. The Hall–Kier alpha value is -1.39. The van der Waals surface area contributed by atoms with Crippen molar-refractivity contribution in [2.75, 3.05) is 13.2 Å². The monoisotopic (exact) mass is 262 g/mol. The van der Waals surface area contributed by atoms with Crippen molar-refractivity contribution in [2.24, 2.45) is 5.73 Å². The summed E-state index contributed by atoms with van der Waals surface area (Å²) in [6.07, 6.45) is 1.96. The summed E-state index contributed by atoms with van der Waals surface area (Å²) in [6.45, 7) is 3.08. The van der Waals surface area contributed by atoms with Gasteiger partial charge in [-0.1, -0.05) is 30.3 Å². The third-order valence-electron chi connectivity index (χ3n) is 3.59. The van der Waals surface area contributed by atoms with Crippen molar-refractivity contribution in [3.8, 4) is 0 Å². The Balaban J connectivity index is 1.97. The highest BCUT2D eigenvalue weighted by molar-refractivity contribution is 5.84. The highest BCUT2D eigenvalue weighted by Gasteiger charge is 2.25. The van der Waals surface area contributed by atoms with Gasteiger partial charge in [-0.15, -0.1) is 0 Å². The molecule has 1 fully saturated rings. The summed E-state index contributed by atoms with van der Waals surface area (Å²) in [5.41, 5.74) is 6.73. The molecule has 1 aromatic rings. The first kappa shape index (κ1) is 14.0. The van der Waals surface area contributed by atoms with Crippen LogP contribution in [0.15, 0.2) is 30.3 Å². The van der Waals surface area contributed by atoms with Gasteiger partial charge in [0.1, 0.15) is 0 Å². The van der Waals surface area contributed by atoms with Crippen LogP contribution in [0.2, 0.25) is 0 Å². The van der Waals surface area contributed by atoms with E-state index in [2.05, 4.69) is 5.32 Å². The number of carbonyl (C=O) groups excluding carboxylic acids is 1. The summed E-state index contributed by atoms with van der Waals surface area (Å²) < 4.78 is 5.49. The Labute approximate surface area is 114 Å². The molecule has 3 atom stereocenters. The van der Waals surface area contributed by atoms with Crippen LogP contribution in [-0.2, 0) is 9.53 Å². The minimum Gasteiger partial charge on any atom is -0.378 e. The largest absolute Gasteiger partial charge is 0.378 e. The number of nitrogens with one attached hydrogen (secondary N) is 1. The van der Waals surface area contributed by atoms with Gasteiger partial charge < -0.3 is 15.8 Å². The number of rotatable bonds is 4. The zero-order valence-corrected chi connectivity index (χ0v) is 11.3. The van der Waals surface area contributed by atoms with E-state index in [-0.39, 0.29) is 24.0 Å². The summed E-state index contributed by atoms with van der Waals surface area (Å²) >= 11 is 0. The number of hydrogen-bond acceptors (Lipinski definition) is 3. The molecule has 3 unspecified atom stereocenters. The summed E-state index contributed by atoms with van der Waals surface area (Å²) in [6, 6.07) is 9.90. The van der Waals surface area contributed by atoms with Gasteiger partial charge in [-0.25, -0.2) is 0 Å². The summed E-state index contributed by atoms with van der Waals surface area (Å²) in [5.74, 6) is -0.243. The highest BCUT2D eigenvalue weighted by Crippen LogP contribution is 2.17. The number of benzene rings is 1. The molecule has 0 spiro atoms. The van der Waals surface area contributed by atoms with Crippen molar-refractivity contribution in [1.29, 1.82) is 0 Å². The molecule has 0 aliphatic carbocycles. The van der Waals surface area contributed by atoms with Gasteiger partial charge in [0.15, 0.2) is 0 Å². The molecule has 0 aromatic heterocycles. The molecule has 1 saturated heterocycles. The molecule has 1 heterocycles. The second kappa shape index (κ2) is 6.68. The lowest BCUT2D eigenvalue weighted by atomic mass is 9.96. The van der Waals surface area contributed by atoms with Crippen LogP contribution in [0.4, 0.5) is 0 Å². The molecular weight excluding hydrogens is 240 g/mol. The molecule has 1 aliphatic rings. The van der Waals surface area contributed by atoms with E-state index >= 15 is 0 Å². The van der Waals surface area contributed by atoms with Crippen LogP contribution in [0, 0.1) is 0 Å². The van der Waals surface area contributed by atoms with E-state index in [1.807, 2.05) is 37.3 Å². The van der Waals surface area contributed by atoms with Gasteiger partial charge in [-0.2, -0.15) is 0 Å². The standard InChI is InChI=1S/C15H22N2O2/c1-11-9-13(7-8-19-11)17-15(18)14(10-16)12-5-3-2-4-6-12/h2-6,11,13-14H,7-10,16H2,1H3,(H,17,18). The SMILES string of the molecule is CC1CC(NC(=O)C(CN)c2ccccc2)CCO1. The van der Waals surface area contributed by atoms with Crippen LogP contribution in [0.5, 0.6) is 0 Å². The van der Waals surface area contributed by atoms with Gasteiger partial charge in [0.05, 0.1) is 12.0 Å². The zero-order chi connectivity index (χ0) is 13.7. The van der Waals surface area contributed by atoms with Crippen LogP contribution < -0.4 is 11.1 Å². The molecule has 19 heavy (non-hydrogen) atoms. The van der Waals surface area contributed by atoms with Crippen LogP contribution >= 0.6 is 0 Å². The quantitative estimate of drug-likeness (QED) is 0.862. The number of hydrogen-bond donors (Lipinski definition) is 2. The smallest absolute Gasteiger partial charge is 0.229 e. The van der Waals surface area contributed by atoms with Gasteiger partial charge in [0.25, 0.3) is 0 Å². The molecule has 0 radical (unpaired) electrons. The molecule has 104 valence electrons. The Morgan fingerprint density at radius 2 is 2.21 bits per heavy atom. The fraction of sp³-hybridized carbons (Fsp3) is 0.533. The molecule has 1 aliphatic heterocycles. The summed E-state index contributed by atoms with van der Waals surface area (Å²) in [7, 11) is 0. The molecule has 1 amide bonds. The maximum atomic E-state index is 12.3. The van der Waals surface area contributed by atoms with Gasteiger partial charge in [-0.3, -0.25) is 4.79 Å². The minimum absolute atomic E-state index is 0.0211. The highest BCUT2D eigenvalue weighted by atomic mass is 16.5. The number of amides is 1. The van der Waals surface area contributed by atoms with Gasteiger partial charge in [-0.05, 0) is 25.3 Å². The first-order valence-corrected chi connectivity index (χ1v) is 6.87. The molecule has 2 rings (SSSR count). The van der Waals surface area contributed by atoms with E-state index in [4.69, 9.17) is 10.5 Å². The van der Waals surface area contributed by atoms with E-state index in [0.29, 0.717) is 13.2 Å². The minimum atomic E-state index is -0.264. The van der Waals surface area contributed by atoms with Gasteiger partial charge in [0, 0.05) is 19.2 Å². The number of ether oxygens (including phenoxy) is 1. The van der Waals surface area contributed by atoms with E-state index in [1.54, 1.807) is 0 Å². The lowest BCUT2D eigenvalue weighted by Crippen LogP contribution is -2.44. The van der Waals surface area contributed by atoms with Crippen molar-refractivity contribution in [1.82, 2.24) is 5.32 Å². The van der Waals surface area contributed by atoms with E-state index in [1.165, 1.54) is 0 Å². The van der Waals surface area contributed by atoms with Crippen molar-refractivity contribution < 1.29 is 9.53 Å².